The van der Waals surface area contributed by atoms with E-state index in [-0.39, 0.29) is 17.0 Å². The van der Waals surface area contributed by atoms with Crippen molar-refractivity contribution in [3.63, 3.8) is 0 Å². The van der Waals surface area contributed by atoms with Crippen molar-refractivity contribution < 1.29 is 14.6 Å². The monoisotopic (exact) mass is 283 g/mol. The van der Waals surface area contributed by atoms with Gasteiger partial charge in [0.2, 0.25) is 0 Å². The Hall–Kier alpha value is -1.42. The Kier molecular flexibility index (Phi) is 4.53. The predicted molar refractivity (Wildman–Crippen MR) is 74.0 cm³/mol. The third-order valence-electron chi connectivity index (χ3n) is 3.53. The molecule has 1 aromatic carbocycles. The highest BCUT2D eigenvalue weighted by molar-refractivity contribution is 6.21. The van der Waals surface area contributed by atoms with Gasteiger partial charge in [-0.15, -0.1) is 11.6 Å². The van der Waals surface area contributed by atoms with Crippen LogP contribution in [-0.2, 0) is 0 Å². The van der Waals surface area contributed by atoms with Gasteiger partial charge in [-0.1, -0.05) is 6.42 Å². The van der Waals surface area contributed by atoms with E-state index in [0.29, 0.717) is 23.8 Å². The summed E-state index contributed by atoms with van der Waals surface area (Å²) in [6.07, 6.45) is 3.20. The molecule has 0 bridgehead atoms. The molecule has 5 heteroatoms. The predicted octanol–water partition coefficient (Wildman–Crippen LogP) is 2.54. The van der Waals surface area contributed by atoms with Crippen LogP contribution in [-0.4, -0.2) is 30.0 Å². The van der Waals surface area contributed by atoms with Crippen molar-refractivity contribution >= 4 is 17.5 Å². The number of phenolic OH excluding ortho intramolecular Hbond substituents is 1. The van der Waals surface area contributed by atoms with Gasteiger partial charge in [0.05, 0.1) is 7.11 Å². The smallest absolute Gasteiger partial charge is 0.251 e. The van der Waals surface area contributed by atoms with Crippen LogP contribution >= 0.6 is 11.6 Å². The molecule has 1 saturated carbocycles. The van der Waals surface area contributed by atoms with Crippen molar-refractivity contribution in [2.24, 2.45) is 5.92 Å². The van der Waals surface area contributed by atoms with Crippen LogP contribution in [0.4, 0.5) is 0 Å². The largest absolute Gasteiger partial charge is 0.504 e. The van der Waals surface area contributed by atoms with Gasteiger partial charge in [-0.05, 0) is 37.0 Å². The number of amides is 1. The Balaban J connectivity index is 1.94. The molecule has 1 aliphatic rings. The van der Waals surface area contributed by atoms with Gasteiger partial charge < -0.3 is 15.2 Å². The molecule has 0 spiro atoms. The molecule has 2 unspecified atom stereocenters. The molecular formula is C14H18ClNO3. The fraction of sp³-hybridized carbons (Fsp3) is 0.500. The molecule has 1 amide bonds. The lowest BCUT2D eigenvalue weighted by molar-refractivity contribution is 0.0947. The molecule has 19 heavy (non-hydrogen) atoms. The summed E-state index contributed by atoms with van der Waals surface area (Å²) in [4.78, 5) is 12.0. The lowest BCUT2D eigenvalue weighted by Gasteiger charge is -2.14. The minimum absolute atomic E-state index is 0.0359. The van der Waals surface area contributed by atoms with Crippen LogP contribution in [0.25, 0.3) is 0 Å². The molecule has 2 N–H and O–H groups in total. The van der Waals surface area contributed by atoms with E-state index in [1.165, 1.54) is 13.2 Å². The second-order valence-electron chi connectivity index (χ2n) is 4.80. The van der Waals surface area contributed by atoms with Crippen LogP contribution in [0.3, 0.4) is 0 Å². The van der Waals surface area contributed by atoms with Crippen LogP contribution in [0.1, 0.15) is 29.6 Å². The SMILES string of the molecule is COc1ccc(C(=O)NCC2CCCC2Cl)cc1O. The Morgan fingerprint density at radius 1 is 1.53 bits per heavy atom. The maximum Gasteiger partial charge on any atom is 0.251 e. The summed E-state index contributed by atoms with van der Waals surface area (Å²) in [7, 11) is 1.47. The van der Waals surface area contributed by atoms with Crippen molar-refractivity contribution in [3.05, 3.63) is 23.8 Å². The molecule has 2 atom stereocenters. The van der Waals surface area contributed by atoms with Gasteiger partial charge >= 0.3 is 0 Å². The first kappa shape index (κ1) is 14.0. The summed E-state index contributed by atoms with van der Waals surface area (Å²) >= 11 is 6.16. The third-order valence-corrected chi connectivity index (χ3v) is 4.11. The van der Waals surface area contributed by atoms with E-state index in [0.717, 1.165) is 19.3 Å². The molecule has 0 aromatic heterocycles. The van der Waals surface area contributed by atoms with Gasteiger partial charge in [-0.25, -0.2) is 0 Å². The number of halogens is 1. The number of methoxy groups -OCH3 is 1. The molecule has 1 aliphatic carbocycles. The lowest BCUT2D eigenvalue weighted by atomic mass is 10.1. The van der Waals surface area contributed by atoms with E-state index in [1.54, 1.807) is 12.1 Å². The van der Waals surface area contributed by atoms with Crippen molar-refractivity contribution in [2.45, 2.75) is 24.6 Å². The number of nitrogens with one attached hydrogen (secondary N) is 1. The molecule has 0 heterocycles. The van der Waals surface area contributed by atoms with Crippen LogP contribution in [0.15, 0.2) is 18.2 Å². The summed E-state index contributed by atoms with van der Waals surface area (Å²) in [5.41, 5.74) is 0.419. The van der Waals surface area contributed by atoms with Crippen molar-refractivity contribution in [1.29, 1.82) is 0 Å². The first-order valence-electron chi connectivity index (χ1n) is 6.41. The Morgan fingerprint density at radius 3 is 2.89 bits per heavy atom. The lowest BCUT2D eigenvalue weighted by Crippen LogP contribution is -2.31. The Morgan fingerprint density at radius 2 is 2.32 bits per heavy atom. The van der Waals surface area contributed by atoms with E-state index in [1.807, 2.05) is 0 Å². The minimum Gasteiger partial charge on any atom is -0.504 e. The highest BCUT2D eigenvalue weighted by atomic mass is 35.5. The number of ether oxygens (including phenoxy) is 1. The molecule has 2 rings (SSSR count). The number of phenols is 1. The summed E-state index contributed by atoms with van der Waals surface area (Å²) in [6, 6.07) is 4.60. The topological polar surface area (TPSA) is 58.6 Å². The van der Waals surface area contributed by atoms with E-state index in [2.05, 4.69) is 5.32 Å². The Labute approximate surface area is 117 Å². The first-order chi connectivity index (χ1) is 9.11. The van der Waals surface area contributed by atoms with E-state index in [4.69, 9.17) is 16.3 Å². The van der Waals surface area contributed by atoms with Crippen molar-refractivity contribution in [3.8, 4) is 11.5 Å². The van der Waals surface area contributed by atoms with E-state index in [9.17, 15) is 9.90 Å². The van der Waals surface area contributed by atoms with Crippen molar-refractivity contribution in [1.82, 2.24) is 5.32 Å². The van der Waals surface area contributed by atoms with Crippen LogP contribution < -0.4 is 10.1 Å². The average molecular weight is 284 g/mol. The zero-order chi connectivity index (χ0) is 13.8. The average Bonchev–Trinajstić information content (AvgIpc) is 2.81. The molecule has 0 saturated heterocycles. The van der Waals surface area contributed by atoms with Gasteiger partial charge in [0.15, 0.2) is 11.5 Å². The number of alkyl halides is 1. The zero-order valence-electron chi connectivity index (χ0n) is 10.9. The summed E-state index contributed by atoms with van der Waals surface area (Å²) in [6.45, 7) is 0.583. The number of benzene rings is 1. The number of carbonyl (C=O) groups excluding carboxylic acids is 1. The molecule has 0 aliphatic heterocycles. The van der Waals surface area contributed by atoms with Gasteiger partial charge in [0, 0.05) is 17.5 Å². The summed E-state index contributed by atoms with van der Waals surface area (Å²) in [5.74, 6) is 0.464. The number of rotatable bonds is 4. The van der Waals surface area contributed by atoms with Crippen molar-refractivity contribution in [2.75, 3.05) is 13.7 Å². The second kappa shape index (κ2) is 6.15. The standard InChI is InChI=1S/C14H18ClNO3/c1-19-13-6-5-9(7-12(13)17)14(18)16-8-10-3-2-4-11(10)15/h5-7,10-11,17H,2-4,8H2,1H3,(H,16,18). The maximum absolute atomic E-state index is 12.0. The van der Waals surface area contributed by atoms with Crippen LogP contribution in [0.5, 0.6) is 11.5 Å². The zero-order valence-corrected chi connectivity index (χ0v) is 11.6. The third kappa shape index (κ3) is 3.32. The molecule has 1 aromatic rings. The minimum atomic E-state index is -0.200. The first-order valence-corrected chi connectivity index (χ1v) is 6.84. The molecule has 0 radical (unpaired) electrons. The van der Waals surface area contributed by atoms with Gasteiger partial charge in [-0.3, -0.25) is 4.79 Å². The summed E-state index contributed by atoms with van der Waals surface area (Å²) < 4.78 is 4.94. The van der Waals surface area contributed by atoms with Gasteiger partial charge in [-0.2, -0.15) is 0 Å². The molecule has 1 fully saturated rings. The normalized spacial score (nSPS) is 22.2. The molecular weight excluding hydrogens is 266 g/mol. The second-order valence-corrected chi connectivity index (χ2v) is 5.36. The Bertz CT molecular complexity index is 464. The highest BCUT2D eigenvalue weighted by Gasteiger charge is 2.25. The quantitative estimate of drug-likeness (QED) is 0.835. The van der Waals surface area contributed by atoms with Gasteiger partial charge in [0.1, 0.15) is 0 Å². The maximum atomic E-state index is 12.0. The van der Waals surface area contributed by atoms with Crippen LogP contribution in [0, 0.1) is 5.92 Å². The number of hydrogen-bond donors (Lipinski definition) is 2. The fourth-order valence-electron chi connectivity index (χ4n) is 2.38. The van der Waals surface area contributed by atoms with Crippen LogP contribution in [0.2, 0.25) is 0 Å². The number of carbonyl (C=O) groups is 1. The highest BCUT2D eigenvalue weighted by Crippen LogP contribution is 2.30. The van der Waals surface area contributed by atoms with E-state index >= 15 is 0 Å². The van der Waals surface area contributed by atoms with E-state index < -0.39 is 0 Å². The number of aromatic hydroxyl groups is 1. The molecule has 4 nitrogen and oxygen atoms in total. The summed E-state index contributed by atoms with van der Waals surface area (Å²) in [5, 5.41) is 12.7. The fourth-order valence-corrected chi connectivity index (χ4v) is 2.75. The number of hydrogen-bond acceptors (Lipinski definition) is 3. The van der Waals surface area contributed by atoms with Gasteiger partial charge in [0.25, 0.3) is 5.91 Å². The molecule has 104 valence electrons.